The number of rotatable bonds is 7. The fourth-order valence-corrected chi connectivity index (χ4v) is 5.93. The average molecular weight is 525 g/mol. The van der Waals surface area contributed by atoms with Crippen LogP contribution in [0, 0.1) is 33.8 Å². The van der Waals surface area contributed by atoms with Crippen LogP contribution in [-0.4, -0.2) is 22.7 Å². The molecule has 1 saturated carbocycles. The van der Waals surface area contributed by atoms with Gasteiger partial charge in [-0.15, -0.1) is 0 Å². The van der Waals surface area contributed by atoms with E-state index in [-0.39, 0.29) is 47.8 Å². The number of non-ortho nitro benzene ring substituents is 1. The van der Waals surface area contributed by atoms with Crippen molar-refractivity contribution in [1.82, 2.24) is 0 Å². The van der Waals surface area contributed by atoms with E-state index in [0.717, 1.165) is 12.0 Å². The smallest absolute Gasteiger partial charge is 0.338 e. The van der Waals surface area contributed by atoms with Gasteiger partial charge in [-0.3, -0.25) is 24.6 Å². The Morgan fingerprint density at radius 2 is 1.54 bits per heavy atom. The van der Waals surface area contributed by atoms with Gasteiger partial charge in [-0.1, -0.05) is 23.8 Å². The number of nitrogens with zero attached hydrogens (tertiary/aromatic N) is 2. The second-order valence-electron chi connectivity index (χ2n) is 10.1. The molecule has 0 spiro atoms. The Hall–Kier alpha value is -4.79. The topological polar surface area (TPSA) is 116 Å². The monoisotopic (exact) mass is 524 g/mol. The fourth-order valence-electron chi connectivity index (χ4n) is 5.93. The minimum Gasteiger partial charge on any atom is -0.457 e. The Kier molecular flexibility index (Phi) is 5.98. The van der Waals surface area contributed by atoms with E-state index in [1.54, 1.807) is 48.5 Å². The first kappa shape index (κ1) is 24.5. The Bertz CT molecular complexity index is 1510. The summed E-state index contributed by atoms with van der Waals surface area (Å²) in [4.78, 5) is 50.4. The first-order valence-corrected chi connectivity index (χ1v) is 12.6. The van der Waals surface area contributed by atoms with Crippen LogP contribution in [0.25, 0.3) is 0 Å². The first-order valence-electron chi connectivity index (χ1n) is 12.6. The number of nitro groups is 1. The molecule has 3 aromatic rings. The number of hydrogen-bond acceptors (Lipinski definition) is 7. The van der Waals surface area contributed by atoms with Gasteiger partial charge < -0.3 is 9.47 Å². The van der Waals surface area contributed by atoms with Crippen molar-refractivity contribution in [2.75, 3.05) is 4.90 Å². The van der Waals surface area contributed by atoms with E-state index >= 15 is 0 Å². The Morgan fingerprint density at radius 3 is 2.18 bits per heavy atom. The fraction of sp³-hybridized carbons (Fsp3) is 0.233. The number of imide groups is 1. The van der Waals surface area contributed by atoms with E-state index in [9.17, 15) is 24.5 Å². The third-order valence-corrected chi connectivity index (χ3v) is 7.82. The summed E-state index contributed by atoms with van der Waals surface area (Å²) >= 11 is 0. The van der Waals surface area contributed by atoms with E-state index in [2.05, 4.69) is 6.08 Å². The zero-order chi connectivity index (χ0) is 27.3. The van der Waals surface area contributed by atoms with Crippen LogP contribution in [-0.2, 0) is 20.9 Å². The largest absolute Gasteiger partial charge is 0.457 e. The van der Waals surface area contributed by atoms with Crippen molar-refractivity contribution in [1.29, 1.82) is 0 Å². The maximum absolute atomic E-state index is 13.1. The average Bonchev–Trinajstić information content (AvgIpc) is 3.58. The molecule has 2 aliphatic carbocycles. The summed E-state index contributed by atoms with van der Waals surface area (Å²) in [6, 6.07) is 19.0. The maximum Gasteiger partial charge on any atom is 0.338 e. The summed E-state index contributed by atoms with van der Waals surface area (Å²) in [5.74, 6) is -0.103. The second-order valence-corrected chi connectivity index (χ2v) is 10.1. The van der Waals surface area contributed by atoms with Crippen LogP contribution in [0.15, 0.2) is 84.4 Å². The lowest BCUT2D eigenvalue weighted by atomic mass is 9.82. The number of nitro benzene ring substituents is 1. The molecule has 196 valence electrons. The van der Waals surface area contributed by atoms with Gasteiger partial charge in [0.2, 0.25) is 11.8 Å². The predicted octanol–water partition coefficient (Wildman–Crippen LogP) is 5.45. The highest BCUT2D eigenvalue weighted by Gasteiger charge is 2.60. The van der Waals surface area contributed by atoms with E-state index < -0.39 is 10.9 Å². The van der Waals surface area contributed by atoms with Crippen LogP contribution in [0.4, 0.5) is 11.4 Å². The molecule has 2 bridgehead atoms. The maximum atomic E-state index is 13.1. The number of anilines is 1. The summed E-state index contributed by atoms with van der Waals surface area (Å²) in [5, 5.41) is 10.8. The summed E-state index contributed by atoms with van der Waals surface area (Å²) in [5.41, 5.74) is 2.71. The van der Waals surface area contributed by atoms with E-state index in [1.807, 2.05) is 6.92 Å². The predicted molar refractivity (Wildman–Crippen MR) is 140 cm³/mol. The number of allylic oxidation sites excluding steroid dienone is 2. The molecule has 39 heavy (non-hydrogen) atoms. The molecule has 2 amide bonds. The lowest BCUT2D eigenvalue weighted by Gasteiger charge is -2.19. The van der Waals surface area contributed by atoms with Gasteiger partial charge in [-0.2, -0.15) is 0 Å². The SMILES string of the molecule is CC1=C[C@H]2C[C@H]1[C@@H]1C(=O)N(c3ccc(C(=O)OCc4ccc(Oc5ccc([N+](=O)[O-])cc5)cc4)cc3)C(=O)[C@H]12. The highest BCUT2D eigenvalue weighted by molar-refractivity contribution is 6.23. The van der Waals surface area contributed by atoms with Crippen molar-refractivity contribution in [3.63, 3.8) is 0 Å². The third kappa shape index (κ3) is 4.35. The highest BCUT2D eigenvalue weighted by atomic mass is 16.6. The standard InChI is InChI=1S/C30H24N2O7/c1-17-14-20-15-25(17)27-26(20)28(33)31(29(27)34)21-6-4-19(5-7-21)30(35)38-16-18-2-10-23(11-3-18)39-24-12-8-22(9-13-24)32(36)37/h2-14,20,25-27H,15-16H2,1H3/t20-,25+,26-,27-/m0/s1. The number of esters is 1. The molecule has 0 unspecified atom stereocenters. The van der Waals surface area contributed by atoms with Crippen LogP contribution in [0.5, 0.6) is 11.5 Å². The Balaban J connectivity index is 1.05. The zero-order valence-corrected chi connectivity index (χ0v) is 21.0. The van der Waals surface area contributed by atoms with Crippen molar-refractivity contribution in [3.05, 3.63) is 106 Å². The molecule has 4 atom stereocenters. The zero-order valence-electron chi connectivity index (χ0n) is 21.0. The number of hydrogen-bond donors (Lipinski definition) is 0. The molecule has 9 heteroatoms. The van der Waals surface area contributed by atoms with Crippen LogP contribution < -0.4 is 9.64 Å². The molecule has 1 heterocycles. The summed E-state index contributed by atoms with van der Waals surface area (Å²) in [7, 11) is 0. The van der Waals surface area contributed by atoms with Crippen LogP contribution in [0.3, 0.4) is 0 Å². The molecule has 0 N–H and O–H groups in total. The van der Waals surface area contributed by atoms with Crippen molar-refractivity contribution < 1.29 is 28.8 Å². The number of carbonyl (C=O) groups excluding carboxylic acids is 3. The van der Waals surface area contributed by atoms with Gasteiger partial charge in [0.15, 0.2) is 0 Å². The minimum absolute atomic E-state index is 0.0196. The van der Waals surface area contributed by atoms with Gasteiger partial charge in [0.25, 0.3) is 5.69 Å². The summed E-state index contributed by atoms with van der Waals surface area (Å²) < 4.78 is 11.1. The van der Waals surface area contributed by atoms with Gasteiger partial charge in [-0.05, 0) is 79.3 Å². The number of fused-ring (bicyclic) bond motifs is 5. The van der Waals surface area contributed by atoms with Crippen LogP contribution in [0.2, 0.25) is 0 Å². The molecule has 1 saturated heterocycles. The lowest BCUT2D eigenvalue weighted by Crippen LogP contribution is -2.32. The molecule has 1 aliphatic heterocycles. The quantitative estimate of drug-likeness (QED) is 0.133. The number of amides is 2. The second kappa shape index (κ2) is 9.50. The van der Waals surface area contributed by atoms with Crippen molar-refractivity contribution >= 4 is 29.2 Å². The van der Waals surface area contributed by atoms with Crippen LogP contribution in [0.1, 0.15) is 29.3 Å². The van der Waals surface area contributed by atoms with Gasteiger partial charge in [0.1, 0.15) is 18.1 Å². The summed E-state index contributed by atoms with van der Waals surface area (Å²) in [6.07, 6.45) is 3.02. The van der Waals surface area contributed by atoms with E-state index in [4.69, 9.17) is 9.47 Å². The third-order valence-electron chi connectivity index (χ3n) is 7.82. The Morgan fingerprint density at radius 1 is 0.923 bits per heavy atom. The molecule has 3 aliphatic rings. The summed E-state index contributed by atoms with van der Waals surface area (Å²) in [6.45, 7) is 2.08. The molecular weight excluding hydrogens is 500 g/mol. The van der Waals surface area contributed by atoms with E-state index in [1.165, 1.54) is 34.7 Å². The molecule has 6 rings (SSSR count). The number of benzene rings is 3. The minimum atomic E-state index is -0.526. The molecule has 9 nitrogen and oxygen atoms in total. The van der Waals surface area contributed by atoms with Crippen molar-refractivity contribution in [2.24, 2.45) is 23.7 Å². The number of carbonyl (C=O) groups is 3. The molecule has 0 radical (unpaired) electrons. The first-order chi connectivity index (χ1) is 18.8. The van der Waals surface area contributed by atoms with Gasteiger partial charge in [0.05, 0.1) is 28.0 Å². The lowest BCUT2D eigenvalue weighted by molar-refractivity contribution is -0.384. The van der Waals surface area contributed by atoms with Gasteiger partial charge in [0, 0.05) is 12.1 Å². The molecule has 3 aromatic carbocycles. The molecular formula is C30H24N2O7. The normalized spacial score (nSPS) is 23.0. The molecule has 0 aromatic heterocycles. The van der Waals surface area contributed by atoms with Crippen molar-refractivity contribution in [3.8, 4) is 11.5 Å². The van der Waals surface area contributed by atoms with Crippen molar-refractivity contribution in [2.45, 2.75) is 20.0 Å². The highest BCUT2D eigenvalue weighted by Crippen LogP contribution is 2.55. The van der Waals surface area contributed by atoms with Crippen LogP contribution >= 0.6 is 0 Å². The van der Waals surface area contributed by atoms with E-state index in [0.29, 0.717) is 22.7 Å². The van der Waals surface area contributed by atoms with Gasteiger partial charge in [-0.25, -0.2) is 4.79 Å². The molecule has 2 fully saturated rings. The Labute approximate surface area is 223 Å². The van der Waals surface area contributed by atoms with Gasteiger partial charge >= 0.3 is 5.97 Å². The number of ether oxygens (including phenoxy) is 2.